The van der Waals surface area contributed by atoms with E-state index in [1.54, 1.807) is 0 Å². The molecule has 0 saturated heterocycles. The summed E-state index contributed by atoms with van der Waals surface area (Å²) in [5.41, 5.74) is 4.77. The van der Waals surface area contributed by atoms with E-state index in [-0.39, 0.29) is 11.2 Å². The van der Waals surface area contributed by atoms with Crippen molar-refractivity contribution >= 4 is 5.69 Å². The van der Waals surface area contributed by atoms with Crippen LogP contribution in [0.4, 0.5) is 10.1 Å². The Hall–Kier alpha value is -1.90. The third kappa shape index (κ3) is 2.28. The molecule has 2 nitrogen and oxygen atoms in total. The molecular weight excluding hydrogens is 251 g/mol. The molecule has 20 heavy (non-hydrogen) atoms. The van der Waals surface area contributed by atoms with Gasteiger partial charge in [-0.15, -0.1) is 0 Å². The van der Waals surface area contributed by atoms with Crippen molar-refractivity contribution in [1.29, 1.82) is 0 Å². The summed E-state index contributed by atoms with van der Waals surface area (Å²) in [6.45, 7) is 5.44. The van der Waals surface area contributed by atoms with Crippen molar-refractivity contribution in [1.82, 2.24) is 4.98 Å². The van der Waals surface area contributed by atoms with Crippen molar-refractivity contribution in [3.8, 4) is 0 Å². The molecule has 3 heteroatoms. The van der Waals surface area contributed by atoms with E-state index in [1.165, 1.54) is 29.1 Å². The van der Waals surface area contributed by atoms with Gasteiger partial charge in [0.05, 0.1) is 11.4 Å². The fourth-order valence-corrected chi connectivity index (χ4v) is 2.99. The second kappa shape index (κ2) is 4.58. The van der Waals surface area contributed by atoms with Crippen LogP contribution in [0.5, 0.6) is 0 Å². The van der Waals surface area contributed by atoms with Gasteiger partial charge in [-0.3, -0.25) is 4.98 Å². The van der Waals surface area contributed by atoms with Crippen molar-refractivity contribution in [3.63, 3.8) is 0 Å². The highest BCUT2D eigenvalue weighted by Crippen LogP contribution is 2.38. The minimum atomic E-state index is -0.192. The molecule has 1 aliphatic heterocycles. The number of nitrogens with zero attached hydrogens (tertiary/aromatic N) is 2. The summed E-state index contributed by atoms with van der Waals surface area (Å²) in [5, 5.41) is 0. The Labute approximate surface area is 119 Å². The number of hydrogen-bond donors (Lipinski definition) is 0. The van der Waals surface area contributed by atoms with E-state index in [9.17, 15) is 4.39 Å². The molecule has 1 aromatic heterocycles. The molecule has 1 aliphatic rings. The predicted octanol–water partition coefficient (Wildman–Crippen LogP) is 3.54. The summed E-state index contributed by atoms with van der Waals surface area (Å²) in [6, 6.07) is 8.88. The Morgan fingerprint density at radius 3 is 2.60 bits per heavy atom. The van der Waals surface area contributed by atoms with Gasteiger partial charge in [0.15, 0.2) is 0 Å². The minimum absolute atomic E-state index is 0.110. The second-order valence-electron chi connectivity index (χ2n) is 6.25. The first-order chi connectivity index (χ1) is 9.45. The van der Waals surface area contributed by atoms with Gasteiger partial charge in [-0.2, -0.15) is 0 Å². The summed E-state index contributed by atoms with van der Waals surface area (Å²) in [5.74, 6) is -0.192. The maximum absolute atomic E-state index is 12.9. The molecule has 0 fully saturated rings. The third-order valence-electron chi connectivity index (χ3n) is 3.93. The van der Waals surface area contributed by atoms with Crippen LogP contribution in [0.15, 0.2) is 36.5 Å². The van der Waals surface area contributed by atoms with Crippen LogP contribution < -0.4 is 4.90 Å². The van der Waals surface area contributed by atoms with E-state index >= 15 is 0 Å². The first kappa shape index (κ1) is 13.1. The quantitative estimate of drug-likeness (QED) is 0.829. The lowest BCUT2D eigenvalue weighted by Gasteiger charge is -2.17. The number of likely N-dealkylation sites (N-methyl/N-ethyl adjacent to an activating group) is 1. The van der Waals surface area contributed by atoms with E-state index in [0.717, 1.165) is 18.5 Å². The van der Waals surface area contributed by atoms with E-state index < -0.39 is 0 Å². The normalized spacial score (nSPS) is 16.3. The molecule has 0 spiro atoms. The van der Waals surface area contributed by atoms with Crippen molar-refractivity contribution in [2.45, 2.75) is 25.7 Å². The number of anilines is 1. The molecule has 2 heterocycles. The van der Waals surface area contributed by atoms with Gasteiger partial charge in [0, 0.05) is 25.2 Å². The monoisotopic (exact) mass is 270 g/mol. The van der Waals surface area contributed by atoms with Crippen LogP contribution in [0.1, 0.15) is 30.7 Å². The second-order valence-corrected chi connectivity index (χ2v) is 6.25. The molecule has 0 atom stereocenters. The van der Waals surface area contributed by atoms with Crippen LogP contribution in [-0.4, -0.2) is 18.6 Å². The fraction of sp³-hybridized carbons (Fsp3) is 0.353. The Kier molecular flexibility index (Phi) is 3.00. The van der Waals surface area contributed by atoms with Crippen LogP contribution in [0, 0.1) is 5.82 Å². The maximum Gasteiger partial charge on any atom is 0.123 e. The van der Waals surface area contributed by atoms with Gasteiger partial charge < -0.3 is 4.90 Å². The maximum atomic E-state index is 12.9. The van der Waals surface area contributed by atoms with Gasteiger partial charge in [0.1, 0.15) is 5.82 Å². The largest absolute Gasteiger partial charge is 0.372 e. The first-order valence-electron chi connectivity index (χ1n) is 6.91. The fourth-order valence-electron chi connectivity index (χ4n) is 2.99. The van der Waals surface area contributed by atoms with Gasteiger partial charge in [-0.05, 0) is 35.7 Å². The van der Waals surface area contributed by atoms with E-state index in [0.29, 0.717) is 0 Å². The number of pyridine rings is 1. The molecule has 104 valence electrons. The lowest BCUT2D eigenvalue weighted by Crippen LogP contribution is -2.25. The van der Waals surface area contributed by atoms with Crippen LogP contribution >= 0.6 is 0 Å². The molecule has 1 aromatic carbocycles. The number of rotatable bonds is 2. The Balaban J connectivity index is 1.90. The van der Waals surface area contributed by atoms with Crippen molar-refractivity contribution in [2.75, 3.05) is 18.5 Å². The molecule has 0 unspecified atom stereocenters. The van der Waals surface area contributed by atoms with Gasteiger partial charge in [-0.1, -0.05) is 26.0 Å². The third-order valence-corrected chi connectivity index (χ3v) is 3.93. The molecule has 0 aliphatic carbocycles. The zero-order chi connectivity index (χ0) is 14.3. The number of benzene rings is 1. The number of aromatic nitrogens is 1. The van der Waals surface area contributed by atoms with Gasteiger partial charge in [-0.25, -0.2) is 4.39 Å². The Morgan fingerprint density at radius 1 is 1.20 bits per heavy atom. The average molecular weight is 270 g/mol. The van der Waals surface area contributed by atoms with E-state index in [2.05, 4.69) is 36.8 Å². The van der Waals surface area contributed by atoms with E-state index in [4.69, 9.17) is 0 Å². The van der Waals surface area contributed by atoms with E-state index in [1.807, 2.05) is 18.3 Å². The zero-order valence-electron chi connectivity index (χ0n) is 12.2. The molecule has 2 aromatic rings. The number of halogens is 1. The molecule has 0 bridgehead atoms. The summed E-state index contributed by atoms with van der Waals surface area (Å²) < 4.78 is 12.9. The number of hydrogen-bond acceptors (Lipinski definition) is 2. The van der Waals surface area contributed by atoms with Crippen LogP contribution in [0.2, 0.25) is 0 Å². The van der Waals surface area contributed by atoms with Crippen molar-refractivity contribution in [3.05, 3.63) is 59.2 Å². The summed E-state index contributed by atoms with van der Waals surface area (Å²) in [6.07, 6.45) is 2.73. The predicted molar refractivity (Wildman–Crippen MR) is 79.7 cm³/mol. The highest BCUT2D eigenvalue weighted by molar-refractivity contribution is 5.60. The van der Waals surface area contributed by atoms with Gasteiger partial charge in [0.2, 0.25) is 0 Å². The average Bonchev–Trinajstić information content (AvgIpc) is 2.62. The van der Waals surface area contributed by atoms with Crippen LogP contribution in [0.25, 0.3) is 0 Å². The number of fused-ring (bicyclic) bond motifs is 1. The lowest BCUT2D eigenvalue weighted by molar-refractivity contribution is 0.548. The topological polar surface area (TPSA) is 16.1 Å². The first-order valence-corrected chi connectivity index (χ1v) is 6.91. The molecule has 0 amide bonds. The summed E-state index contributed by atoms with van der Waals surface area (Å²) >= 11 is 0. The molecule has 0 radical (unpaired) electrons. The zero-order valence-corrected chi connectivity index (χ0v) is 12.2. The molecule has 3 rings (SSSR count). The summed E-state index contributed by atoms with van der Waals surface area (Å²) in [4.78, 5) is 6.92. The van der Waals surface area contributed by atoms with Crippen molar-refractivity contribution in [2.24, 2.45) is 0 Å². The molecular formula is C17H19FN2. The highest BCUT2D eigenvalue weighted by atomic mass is 19.1. The highest BCUT2D eigenvalue weighted by Gasteiger charge is 2.34. The Morgan fingerprint density at radius 2 is 1.90 bits per heavy atom. The van der Waals surface area contributed by atoms with Crippen LogP contribution in [0.3, 0.4) is 0 Å². The lowest BCUT2D eigenvalue weighted by atomic mass is 9.91. The van der Waals surface area contributed by atoms with Gasteiger partial charge in [0.25, 0.3) is 0 Å². The SMILES string of the molecule is CN1CC(C)(C)c2ncc(Cc3ccc(F)cc3)cc21. The van der Waals surface area contributed by atoms with Gasteiger partial charge >= 0.3 is 0 Å². The minimum Gasteiger partial charge on any atom is -0.372 e. The smallest absolute Gasteiger partial charge is 0.123 e. The van der Waals surface area contributed by atoms with Crippen LogP contribution in [-0.2, 0) is 11.8 Å². The standard InChI is InChI=1S/C17H19FN2/c1-17(2)11-20(3)15-9-13(10-19-16(15)17)8-12-4-6-14(18)7-5-12/h4-7,9-10H,8,11H2,1-3H3. The summed E-state index contributed by atoms with van der Waals surface area (Å²) in [7, 11) is 2.11. The van der Waals surface area contributed by atoms with Crippen molar-refractivity contribution < 1.29 is 4.39 Å². The Bertz CT molecular complexity index is 632. The molecule has 0 saturated carbocycles. The molecule has 0 N–H and O–H groups in total.